The topological polar surface area (TPSA) is 62.7 Å². The van der Waals surface area contributed by atoms with Crippen LogP contribution in [-0.4, -0.2) is 58.4 Å². The van der Waals surface area contributed by atoms with Crippen LogP contribution >= 0.6 is 0 Å². The first-order valence-electron chi connectivity index (χ1n) is 8.47. The molecule has 0 bridgehead atoms. The van der Waals surface area contributed by atoms with Gasteiger partial charge >= 0.3 is 0 Å². The number of carbonyl (C=O) groups excluding carboxylic acids is 2. The Balaban J connectivity index is 1.51. The molecule has 6 nitrogen and oxygen atoms in total. The third kappa shape index (κ3) is 3.17. The number of hydrogen-bond donors (Lipinski definition) is 0. The first-order valence-corrected chi connectivity index (χ1v) is 8.47. The molecule has 2 fully saturated rings. The summed E-state index contributed by atoms with van der Waals surface area (Å²) in [6, 6.07) is 10.8. The van der Waals surface area contributed by atoms with Gasteiger partial charge in [-0.2, -0.15) is 0 Å². The lowest BCUT2D eigenvalue weighted by molar-refractivity contribution is -0.154. The van der Waals surface area contributed by atoms with Crippen molar-refractivity contribution in [1.82, 2.24) is 14.8 Å². The Morgan fingerprint density at radius 2 is 2.00 bits per heavy atom. The molecular formula is C19H18FN3O3. The van der Waals surface area contributed by atoms with Gasteiger partial charge in [-0.15, -0.1) is 0 Å². The second-order valence-corrected chi connectivity index (χ2v) is 6.48. The molecule has 0 spiro atoms. The first kappa shape index (κ1) is 16.7. The molecule has 3 heterocycles. The molecule has 0 radical (unpaired) electrons. The smallest absolute Gasteiger partial charge is 0.254 e. The van der Waals surface area contributed by atoms with Crippen LogP contribution < -0.4 is 0 Å². The van der Waals surface area contributed by atoms with E-state index in [4.69, 9.17) is 4.74 Å². The van der Waals surface area contributed by atoms with E-state index in [0.29, 0.717) is 25.2 Å². The van der Waals surface area contributed by atoms with Crippen LogP contribution in [0.15, 0.2) is 48.7 Å². The summed E-state index contributed by atoms with van der Waals surface area (Å²) in [6.07, 6.45) is 1.47. The van der Waals surface area contributed by atoms with Crippen molar-refractivity contribution < 1.29 is 18.7 Å². The van der Waals surface area contributed by atoms with Crippen LogP contribution in [0.3, 0.4) is 0 Å². The van der Waals surface area contributed by atoms with E-state index in [1.165, 1.54) is 24.3 Å². The number of pyridine rings is 1. The van der Waals surface area contributed by atoms with Crippen LogP contribution in [0.4, 0.5) is 4.39 Å². The Hall–Kier alpha value is -2.80. The highest BCUT2D eigenvalue weighted by Crippen LogP contribution is 2.26. The van der Waals surface area contributed by atoms with E-state index in [2.05, 4.69) is 4.98 Å². The van der Waals surface area contributed by atoms with E-state index in [-0.39, 0.29) is 36.4 Å². The number of likely N-dealkylation sites (tertiary alicyclic amines) is 1. The highest BCUT2D eigenvalue weighted by Gasteiger charge is 2.44. The fourth-order valence-corrected chi connectivity index (χ4v) is 3.48. The zero-order valence-electron chi connectivity index (χ0n) is 14.0. The lowest BCUT2D eigenvalue weighted by Gasteiger charge is -2.36. The summed E-state index contributed by atoms with van der Waals surface area (Å²) < 4.78 is 18.7. The Labute approximate surface area is 150 Å². The number of halogens is 1. The lowest BCUT2D eigenvalue weighted by atomic mass is 10.1. The summed E-state index contributed by atoms with van der Waals surface area (Å²) in [5.41, 5.74) is 1.22. The van der Waals surface area contributed by atoms with Crippen LogP contribution in [0, 0.1) is 5.82 Å². The number of aromatic nitrogens is 1. The largest absolute Gasteiger partial charge is 0.364 e. The molecule has 0 N–H and O–H groups in total. The Morgan fingerprint density at radius 1 is 1.19 bits per heavy atom. The molecule has 7 heteroatoms. The molecule has 134 valence electrons. The average Bonchev–Trinajstić information content (AvgIpc) is 3.10. The van der Waals surface area contributed by atoms with Crippen molar-refractivity contribution in [2.75, 3.05) is 19.7 Å². The number of morpholine rings is 1. The van der Waals surface area contributed by atoms with Gasteiger partial charge in [0.15, 0.2) is 0 Å². The monoisotopic (exact) mass is 355 g/mol. The van der Waals surface area contributed by atoms with Gasteiger partial charge in [0.05, 0.1) is 24.4 Å². The van der Waals surface area contributed by atoms with Crippen LogP contribution in [0.25, 0.3) is 0 Å². The van der Waals surface area contributed by atoms with Gasteiger partial charge in [-0.25, -0.2) is 4.39 Å². The number of nitrogens with zero attached hydrogens (tertiary/aromatic N) is 3. The van der Waals surface area contributed by atoms with Gasteiger partial charge in [-0.1, -0.05) is 6.07 Å². The van der Waals surface area contributed by atoms with E-state index in [1.807, 2.05) is 18.2 Å². The number of ether oxygens (including phenoxy) is 1. The number of rotatable bonds is 3. The predicted octanol–water partition coefficient (Wildman–Crippen LogP) is 1.47. The SMILES string of the molecule is O=C(c1ccc(F)cc1)N1C[C@@H]2OCC(=O)N(Cc3ccccn3)[C@@H]2C1. The van der Waals surface area contributed by atoms with Crippen molar-refractivity contribution in [1.29, 1.82) is 0 Å². The van der Waals surface area contributed by atoms with Gasteiger partial charge in [0.25, 0.3) is 5.91 Å². The predicted molar refractivity (Wildman–Crippen MR) is 90.6 cm³/mol. The molecule has 26 heavy (non-hydrogen) atoms. The third-order valence-corrected chi connectivity index (χ3v) is 4.82. The van der Waals surface area contributed by atoms with Crippen LogP contribution in [0.1, 0.15) is 16.1 Å². The maximum Gasteiger partial charge on any atom is 0.254 e. The summed E-state index contributed by atoms with van der Waals surface area (Å²) in [5, 5.41) is 0. The summed E-state index contributed by atoms with van der Waals surface area (Å²) in [5.74, 6) is -0.673. The number of carbonyl (C=O) groups is 2. The molecule has 2 aliphatic heterocycles. The van der Waals surface area contributed by atoms with Crippen LogP contribution in [-0.2, 0) is 16.1 Å². The number of benzene rings is 1. The Morgan fingerprint density at radius 3 is 2.73 bits per heavy atom. The fourth-order valence-electron chi connectivity index (χ4n) is 3.48. The standard InChI is InChI=1S/C19H18FN3O3/c20-14-6-4-13(5-7-14)19(25)22-10-16-17(11-22)26-12-18(24)23(16)9-15-3-1-2-8-21-15/h1-8,16-17H,9-12H2/t16-,17+/m1/s1. The van der Waals surface area contributed by atoms with Gasteiger partial charge < -0.3 is 14.5 Å². The quantitative estimate of drug-likeness (QED) is 0.837. The van der Waals surface area contributed by atoms with Gasteiger partial charge in [0.1, 0.15) is 12.4 Å². The van der Waals surface area contributed by atoms with Crippen molar-refractivity contribution in [2.24, 2.45) is 0 Å². The summed E-state index contributed by atoms with van der Waals surface area (Å²) in [6.45, 7) is 1.20. The van der Waals surface area contributed by atoms with Crippen molar-refractivity contribution in [3.63, 3.8) is 0 Å². The normalized spacial score (nSPS) is 22.4. The van der Waals surface area contributed by atoms with Gasteiger partial charge in [0.2, 0.25) is 5.91 Å². The Bertz CT molecular complexity index is 813. The minimum absolute atomic E-state index is 0.00653. The maximum atomic E-state index is 13.1. The fraction of sp³-hybridized carbons (Fsp3) is 0.316. The summed E-state index contributed by atoms with van der Waals surface area (Å²) >= 11 is 0. The molecule has 2 atom stereocenters. The number of hydrogen-bond acceptors (Lipinski definition) is 4. The zero-order valence-corrected chi connectivity index (χ0v) is 14.0. The lowest BCUT2D eigenvalue weighted by Crippen LogP contribution is -2.53. The van der Waals surface area contributed by atoms with E-state index in [0.717, 1.165) is 5.69 Å². The zero-order chi connectivity index (χ0) is 18.1. The molecule has 2 saturated heterocycles. The molecule has 0 saturated carbocycles. The van der Waals surface area contributed by atoms with Crippen LogP contribution in [0.2, 0.25) is 0 Å². The summed E-state index contributed by atoms with van der Waals surface area (Å²) in [7, 11) is 0. The van der Waals surface area contributed by atoms with E-state index in [9.17, 15) is 14.0 Å². The van der Waals surface area contributed by atoms with Crippen molar-refractivity contribution in [3.8, 4) is 0 Å². The molecule has 2 amide bonds. The van der Waals surface area contributed by atoms with Crippen molar-refractivity contribution in [2.45, 2.75) is 18.7 Å². The van der Waals surface area contributed by atoms with E-state index in [1.54, 1.807) is 16.0 Å². The second-order valence-electron chi connectivity index (χ2n) is 6.48. The molecule has 1 aromatic heterocycles. The van der Waals surface area contributed by atoms with Gasteiger partial charge in [-0.3, -0.25) is 14.6 Å². The van der Waals surface area contributed by atoms with E-state index < -0.39 is 0 Å². The highest BCUT2D eigenvalue weighted by molar-refractivity contribution is 5.94. The van der Waals surface area contributed by atoms with Gasteiger partial charge in [0, 0.05) is 24.8 Å². The maximum absolute atomic E-state index is 13.1. The molecular weight excluding hydrogens is 337 g/mol. The second kappa shape index (κ2) is 6.84. The molecule has 1 aromatic carbocycles. The molecule has 2 aliphatic rings. The molecule has 4 rings (SSSR count). The third-order valence-electron chi connectivity index (χ3n) is 4.82. The van der Waals surface area contributed by atoms with Gasteiger partial charge in [-0.05, 0) is 36.4 Å². The number of amides is 2. The summed E-state index contributed by atoms with van der Waals surface area (Å²) in [4.78, 5) is 32.7. The first-order chi connectivity index (χ1) is 12.6. The van der Waals surface area contributed by atoms with Crippen molar-refractivity contribution in [3.05, 3.63) is 65.7 Å². The van der Waals surface area contributed by atoms with E-state index >= 15 is 0 Å². The minimum Gasteiger partial charge on any atom is -0.364 e. The molecule has 0 unspecified atom stereocenters. The van der Waals surface area contributed by atoms with Crippen molar-refractivity contribution >= 4 is 11.8 Å². The van der Waals surface area contributed by atoms with Crippen LogP contribution in [0.5, 0.6) is 0 Å². The average molecular weight is 355 g/mol. The number of fused-ring (bicyclic) bond motifs is 1. The Kier molecular flexibility index (Phi) is 4.38. The molecule has 0 aliphatic carbocycles. The molecule has 2 aromatic rings. The minimum atomic E-state index is -0.382. The highest BCUT2D eigenvalue weighted by atomic mass is 19.1.